The molecule has 0 aromatic heterocycles. The number of aliphatic hydroxyl groups excluding tert-OH is 2. The molecule has 2 aromatic carbocycles. The number of allylic oxidation sites excluding steroid dienone is 1. The van der Waals surface area contributed by atoms with Gasteiger partial charge in [-0.2, -0.15) is 0 Å². The third-order valence-electron chi connectivity index (χ3n) is 3.91. The minimum atomic E-state index is -1.18. The van der Waals surface area contributed by atoms with E-state index in [1.807, 2.05) is 0 Å². The number of rotatable bonds is 9. The average Bonchev–Trinajstić information content (AvgIpc) is 2.70. The minimum Gasteiger partial charge on any atom is -0.504 e. The molecule has 0 amide bonds. The maximum atomic E-state index is 10.6. The van der Waals surface area contributed by atoms with Crippen molar-refractivity contribution in [2.75, 3.05) is 20.8 Å². The van der Waals surface area contributed by atoms with Gasteiger partial charge in [0.15, 0.2) is 29.1 Å². The van der Waals surface area contributed by atoms with Crippen molar-refractivity contribution in [1.29, 1.82) is 0 Å². The zero-order valence-corrected chi connectivity index (χ0v) is 15.0. The van der Waals surface area contributed by atoms with Gasteiger partial charge in [0.25, 0.3) is 0 Å². The first-order valence-electron chi connectivity index (χ1n) is 8.16. The number of hydrogen-bond acceptors (Lipinski definition) is 7. The van der Waals surface area contributed by atoms with Crippen molar-refractivity contribution >= 4 is 12.4 Å². The van der Waals surface area contributed by atoms with Crippen LogP contribution in [-0.4, -0.2) is 48.5 Å². The van der Waals surface area contributed by atoms with Crippen LogP contribution in [-0.2, 0) is 4.79 Å². The number of carbonyl (C=O) groups excluding carboxylic acids is 1. The molecule has 0 spiro atoms. The molecule has 2 atom stereocenters. The maximum Gasteiger partial charge on any atom is 0.161 e. The second-order valence-corrected chi connectivity index (χ2v) is 5.62. The molecule has 0 saturated carbocycles. The Hall–Kier alpha value is -3.03. The van der Waals surface area contributed by atoms with E-state index in [-0.39, 0.29) is 11.5 Å². The van der Waals surface area contributed by atoms with Crippen LogP contribution in [0, 0.1) is 0 Å². The average molecular weight is 374 g/mol. The molecule has 0 aliphatic heterocycles. The first-order chi connectivity index (χ1) is 13.0. The Morgan fingerprint density at radius 3 is 2.41 bits per heavy atom. The molecule has 0 heterocycles. The van der Waals surface area contributed by atoms with E-state index in [4.69, 9.17) is 14.2 Å². The van der Waals surface area contributed by atoms with E-state index in [0.717, 1.165) is 5.56 Å². The van der Waals surface area contributed by atoms with Gasteiger partial charge >= 0.3 is 0 Å². The van der Waals surface area contributed by atoms with Gasteiger partial charge in [0.1, 0.15) is 12.4 Å². The summed E-state index contributed by atoms with van der Waals surface area (Å²) in [4.78, 5) is 10.4. The molecule has 0 radical (unpaired) electrons. The molecule has 2 aromatic rings. The fraction of sp³-hybridized carbons (Fsp3) is 0.250. The van der Waals surface area contributed by atoms with Gasteiger partial charge in [0, 0.05) is 0 Å². The Morgan fingerprint density at radius 2 is 1.78 bits per heavy atom. The van der Waals surface area contributed by atoms with Gasteiger partial charge in [-0.1, -0.05) is 18.2 Å². The standard InChI is InChI=1S/C20H22O7/c1-25-17-11-14(6-7-15(17)23)20(24)19(12-22)27-16-8-5-13(4-3-9-21)10-18(16)26-2/h3-11,19-20,22-24H,12H2,1-2H3/b4-3-/t19-,20-/m1/s1. The minimum absolute atomic E-state index is 0.0597. The van der Waals surface area contributed by atoms with E-state index < -0.39 is 18.8 Å². The molecule has 7 heteroatoms. The highest BCUT2D eigenvalue weighted by molar-refractivity contribution is 5.74. The predicted molar refractivity (Wildman–Crippen MR) is 99.2 cm³/mol. The number of methoxy groups -OCH3 is 2. The van der Waals surface area contributed by atoms with Crippen LogP contribution in [0.2, 0.25) is 0 Å². The summed E-state index contributed by atoms with van der Waals surface area (Å²) in [6.45, 7) is -0.458. The summed E-state index contributed by atoms with van der Waals surface area (Å²) in [5, 5.41) is 29.9. The smallest absolute Gasteiger partial charge is 0.161 e. The van der Waals surface area contributed by atoms with Crippen molar-refractivity contribution in [3.63, 3.8) is 0 Å². The van der Waals surface area contributed by atoms with Crippen LogP contribution in [0.15, 0.2) is 42.5 Å². The summed E-state index contributed by atoms with van der Waals surface area (Å²) in [5.74, 6) is 0.851. The molecule has 0 bridgehead atoms. The number of ether oxygens (including phenoxy) is 3. The van der Waals surface area contributed by atoms with Crippen molar-refractivity contribution in [3.05, 3.63) is 53.6 Å². The number of hydrogen-bond donors (Lipinski definition) is 3. The molecular weight excluding hydrogens is 352 g/mol. The quantitative estimate of drug-likeness (QED) is 0.456. The zero-order valence-electron chi connectivity index (χ0n) is 15.0. The second-order valence-electron chi connectivity index (χ2n) is 5.62. The lowest BCUT2D eigenvalue weighted by Gasteiger charge is -2.24. The first-order valence-corrected chi connectivity index (χ1v) is 8.16. The van der Waals surface area contributed by atoms with Crippen LogP contribution in [0.25, 0.3) is 6.08 Å². The number of aldehydes is 1. The van der Waals surface area contributed by atoms with Crippen LogP contribution in [0.4, 0.5) is 0 Å². The summed E-state index contributed by atoms with van der Waals surface area (Å²) < 4.78 is 16.1. The molecule has 2 rings (SSSR count). The molecule has 0 aliphatic rings. The monoisotopic (exact) mass is 374 g/mol. The number of carbonyl (C=O) groups is 1. The maximum absolute atomic E-state index is 10.6. The highest BCUT2D eigenvalue weighted by Gasteiger charge is 2.24. The Bertz CT molecular complexity index is 801. The van der Waals surface area contributed by atoms with E-state index >= 15 is 0 Å². The van der Waals surface area contributed by atoms with Crippen LogP contribution in [0.1, 0.15) is 17.2 Å². The van der Waals surface area contributed by atoms with Crippen LogP contribution < -0.4 is 14.2 Å². The predicted octanol–water partition coefficient (Wildman–Crippen LogP) is 2.09. The summed E-state index contributed by atoms with van der Waals surface area (Å²) in [7, 11) is 2.86. The highest BCUT2D eigenvalue weighted by Crippen LogP contribution is 2.34. The topological polar surface area (TPSA) is 105 Å². The fourth-order valence-corrected chi connectivity index (χ4v) is 2.49. The largest absolute Gasteiger partial charge is 0.504 e. The molecule has 0 saturated heterocycles. The summed E-state index contributed by atoms with van der Waals surface area (Å²) in [6, 6.07) is 9.37. The number of aliphatic hydroxyl groups is 2. The Balaban J connectivity index is 2.25. The Morgan fingerprint density at radius 1 is 1.04 bits per heavy atom. The molecule has 27 heavy (non-hydrogen) atoms. The lowest BCUT2D eigenvalue weighted by atomic mass is 10.0. The van der Waals surface area contributed by atoms with Gasteiger partial charge in [-0.15, -0.1) is 0 Å². The molecule has 0 fully saturated rings. The van der Waals surface area contributed by atoms with E-state index in [2.05, 4.69) is 0 Å². The van der Waals surface area contributed by atoms with Crippen molar-refractivity contribution in [2.24, 2.45) is 0 Å². The van der Waals surface area contributed by atoms with Gasteiger partial charge in [-0.05, 0) is 41.5 Å². The van der Waals surface area contributed by atoms with E-state index in [9.17, 15) is 20.1 Å². The molecule has 0 aliphatic carbocycles. The third kappa shape index (κ3) is 4.99. The summed E-state index contributed by atoms with van der Waals surface area (Å²) >= 11 is 0. The van der Waals surface area contributed by atoms with Crippen molar-refractivity contribution in [3.8, 4) is 23.0 Å². The molecule has 0 unspecified atom stereocenters. The van der Waals surface area contributed by atoms with Crippen LogP contribution >= 0.6 is 0 Å². The van der Waals surface area contributed by atoms with E-state index in [1.165, 1.54) is 38.5 Å². The zero-order chi connectivity index (χ0) is 19.8. The summed E-state index contributed by atoms with van der Waals surface area (Å²) in [6.07, 6.45) is 1.48. The lowest BCUT2D eigenvalue weighted by molar-refractivity contribution is -0.104. The molecule has 7 nitrogen and oxygen atoms in total. The van der Waals surface area contributed by atoms with E-state index in [1.54, 1.807) is 24.3 Å². The van der Waals surface area contributed by atoms with Crippen molar-refractivity contribution in [2.45, 2.75) is 12.2 Å². The van der Waals surface area contributed by atoms with Crippen molar-refractivity contribution in [1.82, 2.24) is 0 Å². The van der Waals surface area contributed by atoms with Gasteiger partial charge in [-0.25, -0.2) is 0 Å². The lowest BCUT2D eigenvalue weighted by Crippen LogP contribution is -2.29. The van der Waals surface area contributed by atoms with Crippen molar-refractivity contribution < 1.29 is 34.3 Å². The number of aromatic hydroxyl groups is 1. The van der Waals surface area contributed by atoms with Gasteiger partial charge in [-0.3, -0.25) is 4.79 Å². The van der Waals surface area contributed by atoms with Crippen LogP contribution in [0.3, 0.4) is 0 Å². The summed E-state index contributed by atoms with van der Waals surface area (Å²) in [5.41, 5.74) is 1.14. The second kappa shape index (κ2) is 9.61. The Labute approximate surface area is 157 Å². The molecule has 144 valence electrons. The SMILES string of the molecule is COc1cc([C@@H](O)[C@@H](CO)Oc2ccc(/C=C\C=O)cc2OC)ccc1O. The highest BCUT2D eigenvalue weighted by atomic mass is 16.5. The van der Waals surface area contributed by atoms with Gasteiger partial charge in [0.05, 0.1) is 20.8 Å². The Kier molecular flexibility index (Phi) is 7.22. The normalized spacial score (nSPS) is 13.2. The fourth-order valence-electron chi connectivity index (χ4n) is 2.49. The molecule has 3 N–H and O–H groups in total. The third-order valence-corrected chi connectivity index (χ3v) is 3.91. The van der Waals surface area contributed by atoms with Gasteiger partial charge < -0.3 is 29.5 Å². The first kappa shape index (κ1) is 20.3. The molecular formula is C20H22O7. The number of benzene rings is 2. The van der Waals surface area contributed by atoms with Gasteiger partial charge in [0.2, 0.25) is 0 Å². The van der Waals surface area contributed by atoms with Crippen LogP contribution in [0.5, 0.6) is 23.0 Å². The number of phenolic OH excluding ortho intramolecular Hbond substituents is 1. The number of phenols is 1. The van der Waals surface area contributed by atoms with E-state index in [0.29, 0.717) is 23.3 Å².